The molecule has 0 atom stereocenters. The van der Waals surface area contributed by atoms with Crippen LogP contribution in [-0.4, -0.2) is 10.8 Å². The van der Waals surface area contributed by atoms with Crippen molar-refractivity contribution in [3.63, 3.8) is 0 Å². The molecule has 25 heavy (non-hydrogen) atoms. The third-order valence-electron chi connectivity index (χ3n) is 4.07. The van der Waals surface area contributed by atoms with E-state index in [1.807, 2.05) is 42.5 Å². The van der Waals surface area contributed by atoms with Gasteiger partial charge in [0.25, 0.3) is 0 Å². The molecule has 3 N–H and O–H groups in total. The van der Waals surface area contributed by atoms with Crippen molar-refractivity contribution in [2.45, 2.75) is 19.4 Å². The number of rotatable bonds is 4. The Balaban J connectivity index is 1.39. The molecule has 0 spiro atoms. The number of hydrogen-bond acceptors (Lipinski definition) is 4. The highest BCUT2D eigenvalue weighted by atomic mass is 35.5. The van der Waals surface area contributed by atoms with Crippen molar-refractivity contribution in [3.8, 4) is 0 Å². The van der Waals surface area contributed by atoms with Gasteiger partial charge in [-0.2, -0.15) is 0 Å². The Bertz CT molecular complexity index is 931. The minimum atomic E-state index is 0.482. The van der Waals surface area contributed by atoms with Gasteiger partial charge < -0.3 is 15.5 Å². The predicted molar refractivity (Wildman–Crippen MR) is 100 cm³/mol. The first kappa shape index (κ1) is 15.7. The van der Waals surface area contributed by atoms with E-state index in [0.29, 0.717) is 18.9 Å². The Morgan fingerprint density at radius 3 is 2.88 bits per heavy atom. The van der Waals surface area contributed by atoms with Crippen LogP contribution in [0, 0.1) is 0 Å². The molecule has 0 saturated heterocycles. The Labute approximate surface area is 150 Å². The highest BCUT2D eigenvalue weighted by molar-refractivity contribution is 6.30. The van der Waals surface area contributed by atoms with Gasteiger partial charge in [-0.3, -0.25) is 4.99 Å². The maximum absolute atomic E-state index is 5.90. The van der Waals surface area contributed by atoms with Crippen LogP contribution in [0.1, 0.15) is 22.7 Å². The van der Waals surface area contributed by atoms with Gasteiger partial charge in [0.15, 0.2) is 5.89 Å². The van der Waals surface area contributed by atoms with Crippen LogP contribution in [-0.2, 0) is 19.4 Å². The second-order valence-corrected chi connectivity index (χ2v) is 6.45. The molecule has 0 fully saturated rings. The van der Waals surface area contributed by atoms with Crippen molar-refractivity contribution in [1.82, 2.24) is 4.98 Å². The van der Waals surface area contributed by atoms with Gasteiger partial charge in [0, 0.05) is 29.2 Å². The van der Waals surface area contributed by atoms with Crippen LogP contribution in [0.3, 0.4) is 0 Å². The van der Waals surface area contributed by atoms with E-state index in [-0.39, 0.29) is 0 Å². The molecule has 6 heteroatoms. The number of aliphatic imine (C=N–C) groups is 1. The summed E-state index contributed by atoms with van der Waals surface area (Å²) in [6, 6.07) is 13.5. The summed E-state index contributed by atoms with van der Waals surface area (Å²) in [5.41, 5.74) is 10.7. The topological polar surface area (TPSA) is 76.4 Å². The molecule has 0 aliphatic carbocycles. The SMILES string of the molecule is Nc1ccc2c(c1)CC(=NCc1coc(Cc3ccc(Cl)cc3)n1)N2. The van der Waals surface area contributed by atoms with E-state index < -0.39 is 0 Å². The number of halogens is 1. The van der Waals surface area contributed by atoms with E-state index in [0.717, 1.165) is 39.9 Å². The smallest absolute Gasteiger partial charge is 0.198 e. The zero-order valence-electron chi connectivity index (χ0n) is 13.5. The lowest BCUT2D eigenvalue weighted by atomic mass is 10.1. The van der Waals surface area contributed by atoms with Crippen LogP contribution in [0.15, 0.2) is 58.1 Å². The van der Waals surface area contributed by atoms with E-state index in [2.05, 4.69) is 15.3 Å². The van der Waals surface area contributed by atoms with Crippen molar-refractivity contribution in [3.05, 3.63) is 76.5 Å². The average molecular weight is 353 g/mol. The number of oxazole rings is 1. The molecule has 2 aromatic carbocycles. The number of aromatic nitrogens is 1. The first-order valence-corrected chi connectivity index (χ1v) is 8.40. The minimum Gasteiger partial charge on any atom is -0.448 e. The van der Waals surface area contributed by atoms with Gasteiger partial charge in [0.1, 0.15) is 17.8 Å². The molecule has 1 aliphatic heterocycles. The number of nitrogen functional groups attached to an aromatic ring is 1. The van der Waals surface area contributed by atoms with Crippen LogP contribution in [0.4, 0.5) is 11.4 Å². The number of anilines is 2. The Kier molecular flexibility index (Phi) is 4.15. The van der Waals surface area contributed by atoms with Gasteiger partial charge in [-0.25, -0.2) is 4.98 Å². The fourth-order valence-electron chi connectivity index (χ4n) is 2.81. The van der Waals surface area contributed by atoms with Gasteiger partial charge in [0.05, 0.1) is 6.54 Å². The summed E-state index contributed by atoms with van der Waals surface area (Å²) < 4.78 is 5.54. The highest BCUT2D eigenvalue weighted by Crippen LogP contribution is 2.25. The average Bonchev–Trinajstić information content (AvgIpc) is 3.21. The normalized spacial score (nSPS) is 14.5. The summed E-state index contributed by atoms with van der Waals surface area (Å²) in [5, 5.41) is 4.03. The fraction of sp³-hybridized carbons (Fsp3) is 0.158. The summed E-state index contributed by atoms with van der Waals surface area (Å²) in [4.78, 5) is 9.09. The van der Waals surface area contributed by atoms with E-state index in [9.17, 15) is 0 Å². The molecule has 1 aromatic heterocycles. The van der Waals surface area contributed by atoms with Crippen LogP contribution < -0.4 is 11.1 Å². The zero-order chi connectivity index (χ0) is 17.2. The quantitative estimate of drug-likeness (QED) is 0.694. The Hall–Kier alpha value is -2.79. The first-order valence-electron chi connectivity index (χ1n) is 8.02. The summed E-state index contributed by atoms with van der Waals surface area (Å²) in [7, 11) is 0. The lowest BCUT2D eigenvalue weighted by Crippen LogP contribution is -2.06. The number of nitrogens with one attached hydrogen (secondary N) is 1. The van der Waals surface area contributed by atoms with Crippen LogP contribution in [0.5, 0.6) is 0 Å². The fourth-order valence-corrected chi connectivity index (χ4v) is 2.94. The van der Waals surface area contributed by atoms with Gasteiger partial charge in [-0.15, -0.1) is 0 Å². The summed E-state index contributed by atoms with van der Waals surface area (Å²) >= 11 is 5.90. The van der Waals surface area contributed by atoms with E-state index in [1.165, 1.54) is 5.56 Å². The third kappa shape index (κ3) is 3.67. The number of amidine groups is 1. The minimum absolute atomic E-state index is 0.482. The van der Waals surface area contributed by atoms with Crippen LogP contribution in [0.25, 0.3) is 0 Å². The monoisotopic (exact) mass is 352 g/mol. The lowest BCUT2D eigenvalue weighted by Gasteiger charge is -1.99. The zero-order valence-corrected chi connectivity index (χ0v) is 14.3. The third-order valence-corrected chi connectivity index (χ3v) is 4.32. The molecule has 0 saturated carbocycles. The maximum Gasteiger partial charge on any atom is 0.198 e. The second kappa shape index (κ2) is 6.61. The predicted octanol–water partition coefficient (Wildman–Crippen LogP) is 4.07. The summed E-state index contributed by atoms with van der Waals surface area (Å²) in [6.07, 6.45) is 3.06. The van der Waals surface area contributed by atoms with Crippen molar-refractivity contribution >= 4 is 28.8 Å². The standard InChI is InChI=1S/C19H17ClN4O/c20-14-3-1-12(2-4-14)7-19-23-16(11-25-19)10-22-18-9-13-8-15(21)5-6-17(13)24-18/h1-6,8,11H,7,9-10,21H2,(H,22,24). The van der Waals surface area contributed by atoms with Gasteiger partial charge in [-0.05, 0) is 41.5 Å². The van der Waals surface area contributed by atoms with E-state index >= 15 is 0 Å². The molecule has 5 nitrogen and oxygen atoms in total. The van der Waals surface area contributed by atoms with E-state index in [4.69, 9.17) is 21.8 Å². The number of hydrogen-bond donors (Lipinski definition) is 2. The largest absolute Gasteiger partial charge is 0.448 e. The molecule has 3 aromatic rings. The molecule has 0 radical (unpaired) electrons. The molecule has 0 unspecified atom stereocenters. The maximum atomic E-state index is 5.90. The van der Waals surface area contributed by atoms with Crippen molar-refractivity contribution < 1.29 is 4.42 Å². The molecule has 4 rings (SSSR count). The van der Waals surface area contributed by atoms with Crippen LogP contribution in [0.2, 0.25) is 5.02 Å². The Morgan fingerprint density at radius 2 is 2.04 bits per heavy atom. The van der Waals surface area contributed by atoms with Gasteiger partial charge >= 0.3 is 0 Å². The molecule has 126 valence electrons. The van der Waals surface area contributed by atoms with Gasteiger partial charge in [0.2, 0.25) is 0 Å². The molecular weight excluding hydrogens is 336 g/mol. The Morgan fingerprint density at radius 1 is 1.20 bits per heavy atom. The van der Waals surface area contributed by atoms with Crippen molar-refractivity contribution in [2.24, 2.45) is 4.99 Å². The highest BCUT2D eigenvalue weighted by Gasteiger charge is 2.16. The summed E-state index contributed by atoms with van der Waals surface area (Å²) in [5.74, 6) is 1.59. The van der Waals surface area contributed by atoms with Gasteiger partial charge in [-0.1, -0.05) is 23.7 Å². The number of benzene rings is 2. The molecule has 1 aliphatic rings. The number of fused-ring (bicyclic) bond motifs is 1. The van der Waals surface area contributed by atoms with Crippen LogP contribution >= 0.6 is 11.6 Å². The lowest BCUT2D eigenvalue weighted by molar-refractivity contribution is 0.506. The number of nitrogens with zero attached hydrogens (tertiary/aromatic N) is 2. The molecule has 0 amide bonds. The van der Waals surface area contributed by atoms with Crippen molar-refractivity contribution in [2.75, 3.05) is 11.1 Å². The van der Waals surface area contributed by atoms with Crippen molar-refractivity contribution in [1.29, 1.82) is 0 Å². The first-order chi connectivity index (χ1) is 12.2. The molecule has 0 bridgehead atoms. The second-order valence-electron chi connectivity index (χ2n) is 6.02. The number of nitrogens with two attached hydrogens (primary N) is 1. The molecule has 2 heterocycles. The molecular formula is C19H17ClN4O. The van der Waals surface area contributed by atoms with E-state index in [1.54, 1.807) is 6.26 Å². The summed E-state index contributed by atoms with van der Waals surface area (Å²) in [6.45, 7) is 0.482.